The molecule has 25 heavy (non-hydrogen) atoms. The average molecular weight is 338 g/mol. The third-order valence-electron chi connectivity index (χ3n) is 5.08. The summed E-state index contributed by atoms with van der Waals surface area (Å²) in [6, 6.07) is 7.46. The molecule has 2 aromatic rings. The van der Waals surface area contributed by atoms with Crippen LogP contribution in [0.5, 0.6) is 0 Å². The second-order valence-electron chi connectivity index (χ2n) is 6.62. The van der Waals surface area contributed by atoms with Crippen molar-refractivity contribution in [2.24, 2.45) is 23.7 Å². The van der Waals surface area contributed by atoms with E-state index in [4.69, 9.17) is 0 Å². The minimum Gasteiger partial charge on any atom is -0.481 e. The van der Waals surface area contributed by atoms with Gasteiger partial charge in [0.25, 0.3) is 0 Å². The standard InChI is InChI=1S/C18H18N4O3/c23-17(15-12-3-4-13(7-12)16(15)18(24)25)21-14-5-1-11(2-6-14)8-22-10-19-9-20-22/h1-6,9-10,12-13,15-16H,7-8H2,(H,21,23)(H,24,25). The molecule has 0 spiro atoms. The number of anilines is 1. The zero-order valence-electron chi connectivity index (χ0n) is 13.4. The molecule has 0 saturated heterocycles. The van der Waals surface area contributed by atoms with Crippen molar-refractivity contribution in [1.82, 2.24) is 14.8 Å². The number of aliphatic carboxylic acids is 1. The van der Waals surface area contributed by atoms with Crippen LogP contribution in [-0.4, -0.2) is 31.7 Å². The van der Waals surface area contributed by atoms with Crippen LogP contribution in [-0.2, 0) is 16.1 Å². The number of hydrogen-bond donors (Lipinski definition) is 2. The molecule has 4 rings (SSSR count). The van der Waals surface area contributed by atoms with Gasteiger partial charge in [0.2, 0.25) is 5.91 Å². The van der Waals surface area contributed by atoms with Gasteiger partial charge >= 0.3 is 5.97 Å². The van der Waals surface area contributed by atoms with Crippen LogP contribution in [0.25, 0.3) is 0 Å². The van der Waals surface area contributed by atoms with Crippen molar-refractivity contribution in [3.63, 3.8) is 0 Å². The first-order valence-electron chi connectivity index (χ1n) is 8.25. The molecule has 2 aliphatic carbocycles. The fourth-order valence-corrected chi connectivity index (χ4v) is 3.94. The van der Waals surface area contributed by atoms with Crippen LogP contribution in [0.4, 0.5) is 5.69 Å². The van der Waals surface area contributed by atoms with Crippen molar-refractivity contribution >= 4 is 17.6 Å². The average Bonchev–Trinajstić information content (AvgIpc) is 3.32. The Morgan fingerprint density at radius 1 is 1.16 bits per heavy atom. The van der Waals surface area contributed by atoms with E-state index >= 15 is 0 Å². The molecule has 128 valence electrons. The van der Waals surface area contributed by atoms with Gasteiger partial charge in [0, 0.05) is 5.69 Å². The number of rotatable bonds is 5. The van der Waals surface area contributed by atoms with E-state index in [1.54, 1.807) is 11.0 Å². The van der Waals surface area contributed by atoms with E-state index in [0.29, 0.717) is 12.2 Å². The molecule has 2 bridgehead atoms. The van der Waals surface area contributed by atoms with Gasteiger partial charge in [-0.2, -0.15) is 5.10 Å². The van der Waals surface area contributed by atoms with Gasteiger partial charge in [0.05, 0.1) is 18.4 Å². The maximum atomic E-state index is 12.6. The first-order chi connectivity index (χ1) is 12.1. The fourth-order valence-electron chi connectivity index (χ4n) is 3.94. The SMILES string of the molecule is O=C(O)C1C2C=CC(C2)C1C(=O)Nc1ccc(Cn2cncn2)cc1. The lowest BCUT2D eigenvalue weighted by atomic mass is 9.82. The van der Waals surface area contributed by atoms with E-state index in [-0.39, 0.29) is 17.7 Å². The molecule has 1 amide bonds. The maximum Gasteiger partial charge on any atom is 0.307 e. The Balaban J connectivity index is 1.44. The van der Waals surface area contributed by atoms with Crippen molar-refractivity contribution < 1.29 is 14.7 Å². The van der Waals surface area contributed by atoms with E-state index in [0.717, 1.165) is 12.0 Å². The highest BCUT2D eigenvalue weighted by Crippen LogP contribution is 2.48. The van der Waals surface area contributed by atoms with Gasteiger partial charge in [-0.05, 0) is 36.0 Å². The quantitative estimate of drug-likeness (QED) is 0.810. The number of carbonyl (C=O) groups excluding carboxylic acids is 1. The maximum absolute atomic E-state index is 12.6. The number of amides is 1. The van der Waals surface area contributed by atoms with Crippen LogP contribution in [0, 0.1) is 23.7 Å². The number of benzene rings is 1. The molecule has 1 fully saturated rings. The van der Waals surface area contributed by atoms with Crippen LogP contribution in [0.2, 0.25) is 0 Å². The molecule has 1 aromatic heterocycles. The summed E-state index contributed by atoms with van der Waals surface area (Å²) in [7, 11) is 0. The molecule has 0 radical (unpaired) electrons. The molecule has 2 aliphatic rings. The number of allylic oxidation sites excluding steroid dienone is 2. The lowest BCUT2D eigenvalue weighted by Crippen LogP contribution is -2.36. The zero-order valence-corrected chi connectivity index (χ0v) is 13.4. The van der Waals surface area contributed by atoms with Crippen LogP contribution in [0.1, 0.15) is 12.0 Å². The molecule has 4 unspecified atom stereocenters. The minimum absolute atomic E-state index is 0.0247. The molecule has 1 saturated carbocycles. The Morgan fingerprint density at radius 3 is 2.52 bits per heavy atom. The highest BCUT2D eigenvalue weighted by Gasteiger charge is 2.51. The van der Waals surface area contributed by atoms with Crippen molar-refractivity contribution in [1.29, 1.82) is 0 Å². The smallest absolute Gasteiger partial charge is 0.307 e. The molecular weight excluding hydrogens is 320 g/mol. The molecular formula is C18H18N4O3. The number of carbonyl (C=O) groups is 2. The third kappa shape index (κ3) is 2.93. The second kappa shape index (κ2) is 6.16. The largest absolute Gasteiger partial charge is 0.481 e. The summed E-state index contributed by atoms with van der Waals surface area (Å²) < 4.78 is 1.71. The molecule has 2 N–H and O–H groups in total. The summed E-state index contributed by atoms with van der Waals surface area (Å²) in [5.74, 6) is -2.22. The number of hydrogen-bond acceptors (Lipinski definition) is 4. The topological polar surface area (TPSA) is 97.1 Å². The van der Waals surface area contributed by atoms with Gasteiger partial charge in [0.15, 0.2) is 0 Å². The van der Waals surface area contributed by atoms with Gasteiger partial charge in [-0.15, -0.1) is 0 Å². The van der Waals surface area contributed by atoms with Crippen molar-refractivity contribution in [3.05, 3.63) is 54.6 Å². The Labute approximate surface area is 144 Å². The van der Waals surface area contributed by atoms with Crippen LogP contribution >= 0.6 is 0 Å². The third-order valence-corrected chi connectivity index (χ3v) is 5.08. The Hall–Kier alpha value is -2.96. The summed E-state index contributed by atoms with van der Waals surface area (Å²) >= 11 is 0. The number of fused-ring (bicyclic) bond motifs is 2. The highest BCUT2D eigenvalue weighted by atomic mass is 16.4. The first-order valence-corrected chi connectivity index (χ1v) is 8.25. The molecule has 4 atom stereocenters. The number of nitrogens with one attached hydrogen (secondary N) is 1. The lowest BCUT2D eigenvalue weighted by molar-refractivity contribution is -0.146. The van der Waals surface area contributed by atoms with Gasteiger partial charge in [-0.1, -0.05) is 24.3 Å². The van der Waals surface area contributed by atoms with Gasteiger partial charge in [0.1, 0.15) is 12.7 Å². The zero-order chi connectivity index (χ0) is 17.4. The van der Waals surface area contributed by atoms with Crippen LogP contribution in [0.15, 0.2) is 49.1 Å². The molecule has 0 aliphatic heterocycles. The molecule has 7 heteroatoms. The van der Waals surface area contributed by atoms with Gasteiger partial charge in [-0.3, -0.25) is 9.59 Å². The Kier molecular flexibility index (Phi) is 3.83. The van der Waals surface area contributed by atoms with Crippen LogP contribution < -0.4 is 5.32 Å². The van der Waals surface area contributed by atoms with Crippen molar-refractivity contribution in [3.8, 4) is 0 Å². The van der Waals surface area contributed by atoms with E-state index in [1.807, 2.05) is 36.4 Å². The van der Waals surface area contributed by atoms with Crippen molar-refractivity contribution in [2.45, 2.75) is 13.0 Å². The second-order valence-corrected chi connectivity index (χ2v) is 6.62. The number of carboxylic acid groups (broad SMARTS) is 1. The van der Waals surface area contributed by atoms with E-state index in [9.17, 15) is 14.7 Å². The summed E-state index contributed by atoms with van der Waals surface area (Å²) in [5, 5.41) is 16.4. The molecule has 7 nitrogen and oxygen atoms in total. The predicted octanol–water partition coefficient (Wildman–Crippen LogP) is 1.79. The van der Waals surface area contributed by atoms with E-state index in [2.05, 4.69) is 15.4 Å². The molecule has 1 aromatic carbocycles. The minimum atomic E-state index is -0.889. The Morgan fingerprint density at radius 2 is 1.88 bits per heavy atom. The predicted molar refractivity (Wildman–Crippen MR) is 89.5 cm³/mol. The first kappa shape index (κ1) is 15.6. The summed E-state index contributed by atoms with van der Waals surface area (Å²) in [6.07, 6.45) is 7.80. The van der Waals surface area contributed by atoms with Gasteiger partial charge < -0.3 is 10.4 Å². The highest BCUT2D eigenvalue weighted by molar-refractivity contribution is 5.96. The fraction of sp³-hybridized carbons (Fsp3) is 0.333. The summed E-state index contributed by atoms with van der Waals surface area (Å²) in [6.45, 7) is 0.604. The normalized spacial score (nSPS) is 26.7. The lowest BCUT2D eigenvalue weighted by Gasteiger charge is -2.23. The summed E-state index contributed by atoms with van der Waals surface area (Å²) in [5.41, 5.74) is 1.71. The van der Waals surface area contributed by atoms with Crippen LogP contribution in [0.3, 0.4) is 0 Å². The summed E-state index contributed by atoms with van der Waals surface area (Å²) in [4.78, 5) is 28.1. The monoisotopic (exact) mass is 338 g/mol. The van der Waals surface area contributed by atoms with Crippen molar-refractivity contribution in [2.75, 3.05) is 5.32 Å². The Bertz CT molecular complexity index is 813. The molecule has 1 heterocycles. The van der Waals surface area contributed by atoms with E-state index in [1.165, 1.54) is 6.33 Å². The van der Waals surface area contributed by atoms with Gasteiger partial charge in [-0.25, -0.2) is 9.67 Å². The van der Waals surface area contributed by atoms with E-state index < -0.39 is 17.8 Å². The number of carboxylic acids is 1. The number of aromatic nitrogens is 3. The number of nitrogens with zero attached hydrogens (tertiary/aromatic N) is 3.